The zero-order valence-electron chi connectivity index (χ0n) is 6.93. The minimum Gasteiger partial charge on any atom is -0.313 e. The molecular formula is C8H18N2. The van der Waals surface area contributed by atoms with Crippen LogP contribution in [0, 0.1) is 11.8 Å². The summed E-state index contributed by atoms with van der Waals surface area (Å²) in [7, 11) is 0. The van der Waals surface area contributed by atoms with Crippen molar-refractivity contribution in [3.8, 4) is 0 Å². The predicted octanol–water partition coefficient (Wildman–Crippen LogP) is 1.06. The highest BCUT2D eigenvalue weighted by Crippen LogP contribution is 2.33. The monoisotopic (exact) mass is 142 g/mol. The van der Waals surface area contributed by atoms with Crippen LogP contribution in [0.5, 0.6) is 0 Å². The number of hydrogen-bond donors (Lipinski definition) is 2. The van der Waals surface area contributed by atoms with E-state index in [-0.39, 0.29) is 5.66 Å². The maximum atomic E-state index is 5.78. The number of rotatable bonds is 1. The van der Waals surface area contributed by atoms with E-state index in [0.29, 0.717) is 0 Å². The van der Waals surface area contributed by atoms with Gasteiger partial charge in [0.25, 0.3) is 0 Å². The first kappa shape index (κ1) is 8.02. The van der Waals surface area contributed by atoms with Gasteiger partial charge in [-0.25, -0.2) is 0 Å². The van der Waals surface area contributed by atoms with Gasteiger partial charge >= 0.3 is 0 Å². The molecule has 1 atom stereocenters. The van der Waals surface area contributed by atoms with Gasteiger partial charge in [-0.2, -0.15) is 0 Å². The zero-order valence-corrected chi connectivity index (χ0v) is 6.93. The van der Waals surface area contributed by atoms with Gasteiger partial charge in [0, 0.05) is 0 Å². The Hall–Kier alpha value is -0.0800. The quantitative estimate of drug-likeness (QED) is 0.538. The summed E-state index contributed by atoms with van der Waals surface area (Å²) in [4.78, 5) is 0. The van der Waals surface area contributed by atoms with Gasteiger partial charge in [-0.1, -0.05) is 13.8 Å². The van der Waals surface area contributed by atoms with Gasteiger partial charge in [0.1, 0.15) is 0 Å². The maximum Gasteiger partial charge on any atom is 0.0639 e. The lowest BCUT2D eigenvalue weighted by molar-refractivity contribution is 0.360. The van der Waals surface area contributed by atoms with Gasteiger partial charge in [-0.15, -0.1) is 0 Å². The van der Waals surface area contributed by atoms with Crippen molar-refractivity contribution >= 4 is 0 Å². The standard InChI is InChI=1S/C8H18N2/c1-6(2)7-3-4-8(9,10)5-7/h6-7H,3-5,9-10H2,1-2H3. The molecule has 0 aromatic rings. The molecule has 1 fully saturated rings. The highest BCUT2D eigenvalue weighted by Gasteiger charge is 2.33. The second kappa shape index (κ2) is 2.51. The molecule has 60 valence electrons. The van der Waals surface area contributed by atoms with Crippen molar-refractivity contribution in [2.75, 3.05) is 0 Å². The lowest BCUT2D eigenvalue weighted by Crippen LogP contribution is -2.46. The zero-order chi connectivity index (χ0) is 7.78. The molecule has 0 spiro atoms. The molecule has 4 N–H and O–H groups in total. The van der Waals surface area contributed by atoms with Crippen LogP contribution in [0.2, 0.25) is 0 Å². The van der Waals surface area contributed by atoms with E-state index in [9.17, 15) is 0 Å². The first-order chi connectivity index (χ1) is 4.51. The fourth-order valence-electron chi connectivity index (χ4n) is 1.72. The Bertz CT molecular complexity index is 118. The third kappa shape index (κ3) is 1.70. The number of hydrogen-bond acceptors (Lipinski definition) is 2. The molecule has 10 heavy (non-hydrogen) atoms. The molecule has 1 rings (SSSR count). The lowest BCUT2D eigenvalue weighted by atomic mass is 9.94. The molecule has 0 aliphatic heterocycles. The van der Waals surface area contributed by atoms with E-state index in [1.165, 1.54) is 6.42 Å². The highest BCUT2D eigenvalue weighted by atomic mass is 15.0. The van der Waals surface area contributed by atoms with Crippen LogP contribution in [0.15, 0.2) is 0 Å². The van der Waals surface area contributed by atoms with Crippen LogP contribution in [0.25, 0.3) is 0 Å². The molecule has 1 aliphatic rings. The minimum atomic E-state index is -0.352. The van der Waals surface area contributed by atoms with Crippen LogP contribution in [-0.4, -0.2) is 5.66 Å². The maximum absolute atomic E-state index is 5.78. The Morgan fingerprint density at radius 2 is 2.00 bits per heavy atom. The Morgan fingerprint density at radius 3 is 2.20 bits per heavy atom. The molecule has 0 heterocycles. The second-order valence-electron chi connectivity index (χ2n) is 3.98. The van der Waals surface area contributed by atoms with E-state index in [0.717, 1.165) is 24.7 Å². The fourth-order valence-corrected chi connectivity index (χ4v) is 1.72. The van der Waals surface area contributed by atoms with Crippen molar-refractivity contribution < 1.29 is 0 Å². The first-order valence-electron chi connectivity index (χ1n) is 4.09. The average molecular weight is 142 g/mol. The summed E-state index contributed by atoms with van der Waals surface area (Å²) in [5.74, 6) is 1.50. The minimum absolute atomic E-state index is 0.352. The molecule has 0 aromatic carbocycles. The summed E-state index contributed by atoms with van der Waals surface area (Å²) in [6.45, 7) is 4.48. The second-order valence-corrected chi connectivity index (χ2v) is 3.98. The Morgan fingerprint density at radius 1 is 1.40 bits per heavy atom. The van der Waals surface area contributed by atoms with E-state index in [1.54, 1.807) is 0 Å². The van der Waals surface area contributed by atoms with Crippen molar-refractivity contribution in [3.05, 3.63) is 0 Å². The van der Waals surface area contributed by atoms with Crippen molar-refractivity contribution in [1.82, 2.24) is 0 Å². The summed E-state index contributed by atoms with van der Waals surface area (Å²) in [5, 5.41) is 0. The SMILES string of the molecule is CC(C)C1CCC(N)(N)C1. The molecule has 0 saturated heterocycles. The molecule has 2 nitrogen and oxygen atoms in total. The lowest BCUT2D eigenvalue weighted by Gasteiger charge is -2.19. The topological polar surface area (TPSA) is 52.0 Å². The van der Waals surface area contributed by atoms with E-state index in [1.807, 2.05) is 0 Å². The summed E-state index contributed by atoms with van der Waals surface area (Å²) in [6, 6.07) is 0. The normalized spacial score (nSPS) is 31.5. The molecule has 0 radical (unpaired) electrons. The summed E-state index contributed by atoms with van der Waals surface area (Å²) >= 11 is 0. The van der Waals surface area contributed by atoms with Crippen molar-refractivity contribution in [3.63, 3.8) is 0 Å². The molecule has 0 amide bonds. The van der Waals surface area contributed by atoms with Gasteiger partial charge in [0.2, 0.25) is 0 Å². The smallest absolute Gasteiger partial charge is 0.0639 e. The van der Waals surface area contributed by atoms with Gasteiger partial charge in [0.05, 0.1) is 5.66 Å². The van der Waals surface area contributed by atoms with Crippen LogP contribution in [0.4, 0.5) is 0 Å². The van der Waals surface area contributed by atoms with Crippen molar-refractivity contribution in [1.29, 1.82) is 0 Å². The first-order valence-corrected chi connectivity index (χ1v) is 4.09. The van der Waals surface area contributed by atoms with Gasteiger partial charge in [0.15, 0.2) is 0 Å². The van der Waals surface area contributed by atoms with Crippen LogP contribution in [-0.2, 0) is 0 Å². The van der Waals surface area contributed by atoms with Crippen molar-refractivity contribution in [2.24, 2.45) is 23.3 Å². The number of nitrogens with two attached hydrogens (primary N) is 2. The van der Waals surface area contributed by atoms with Crippen LogP contribution in [0.3, 0.4) is 0 Å². The summed E-state index contributed by atoms with van der Waals surface area (Å²) in [6.07, 6.45) is 3.21. The van der Waals surface area contributed by atoms with Crippen LogP contribution < -0.4 is 11.5 Å². The van der Waals surface area contributed by atoms with Crippen LogP contribution >= 0.6 is 0 Å². The average Bonchev–Trinajstić information content (AvgIpc) is 2.10. The third-order valence-electron chi connectivity index (χ3n) is 2.57. The summed E-state index contributed by atoms with van der Waals surface area (Å²) in [5.41, 5.74) is 11.2. The highest BCUT2D eigenvalue weighted by molar-refractivity contribution is 4.88. The fraction of sp³-hybridized carbons (Fsp3) is 1.00. The molecule has 1 saturated carbocycles. The van der Waals surface area contributed by atoms with Gasteiger partial charge in [-0.3, -0.25) is 0 Å². The van der Waals surface area contributed by atoms with E-state index >= 15 is 0 Å². The largest absolute Gasteiger partial charge is 0.313 e. The summed E-state index contributed by atoms with van der Waals surface area (Å²) < 4.78 is 0. The van der Waals surface area contributed by atoms with E-state index in [4.69, 9.17) is 11.5 Å². The van der Waals surface area contributed by atoms with Crippen molar-refractivity contribution in [2.45, 2.75) is 38.8 Å². The van der Waals surface area contributed by atoms with Crippen LogP contribution in [0.1, 0.15) is 33.1 Å². The Balaban J connectivity index is 2.43. The molecule has 0 bridgehead atoms. The van der Waals surface area contributed by atoms with E-state index < -0.39 is 0 Å². The molecule has 2 heteroatoms. The molecule has 0 aromatic heterocycles. The Kier molecular flexibility index (Phi) is 2.02. The third-order valence-corrected chi connectivity index (χ3v) is 2.57. The predicted molar refractivity (Wildman–Crippen MR) is 43.3 cm³/mol. The van der Waals surface area contributed by atoms with E-state index in [2.05, 4.69) is 13.8 Å². The molecule has 1 unspecified atom stereocenters. The van der Waals surface area contributed by atoms with Gasteiger partial charge < -0.3 is 11.5 Å². The Labute approximate surface area is 63.0 Å². The van der Waals surface area contributed by atoms with Gasteiger partial charge in [-0.05, 0) is 31.1 Å². The molecular weight excluding hydrogens is 124 g/mol. The molecule has 1 aliphatic carbocycles.